The smallest absolute Gasteiger partial charge is 0.295 e. The molecule has 2 aromatic carbocycles. The normalized spacial score (nSPS) is 11.0. The average molecular weight is 450 g/mol. The van der Waals surface area contributed by atoms with Crippen LogP contribution in [0.4, 0.5) is 0 Å². The van der Waals surface area contributed by atoms with Gasteiger partial charge in [-0.25, -0.2) is 4.68 Å². The predicted molar refractivity (Wildman–Crippen MR) is 126 cm³/mol. The van der Waals surface area contributed by atoms with E-state index in [1.165, 1.54) is 0 Å². The van der Waals surface area contributed by atoms with Gasteiger partial charge < -0.3 is 9.30 Å². The van der Waals surface area contributed by atoms with Gasteiger partial charge >= 0.3 is 0 Å². The molecule has 32 heavy (non-hydrogen) atoms. The Morgan fingerprint density at radius 1 is 0.969 bits per heavy atom. The molecule has 164 valence electrons. The Bertz CT molecular complexity index is 1350. The molecule has 6 nitrogen and oxygen atoms in total. The highest BCUT2D eigenvalue weighted by atomic mass is 35.5. The van der Waals surface area contributed by atoms with Crippen LogP contribution in [0.25, 0.3) is 11.4 Å². The Kier molecular flexibility index (Phi) is 5.80. The van der Waals surface area contributed by atoms with Crippen molar-refractivity contribution in [3.63, 3.8) is 0 Å². The van der Waals surface area contributed by atoms with Crippen molar-refractivity contribution < 1.29 is 9.53 Å². The van der Waals surface area contributed by atoms with Crippen molar-refractivity contribution in [2.45, 2.75) is 20.8 Å². The molecule has 0 saturated carbocycles. The van der Waals surface area contributed by atoms with Crippen LogP contribution in [-0.4, -0.2) is 26.3 Å². The van der Waals surface area contributed by atoms with E-state index in [1.54, 1.807) is 28.9 Å². The molecule has 0 aliphatic rings. The Balaban J connectivity index is 1.70. The molecule has 0 aliphatic heterocycles. The first-order chi connectivity index (χ1) is 15.3. The summed E-state index contributed by atoms with van der Waals surface area (Å²) in [5.74, 6) is 0.414. The van der Waals surface area contributed by atoms with Gasteiger partial charge in [-0.15, -0.1) is 0 Å². The van der Waals surface area contributed by atoms with E-state index in [4.69, 9.17) is 16.3 Å². The van der Waals surface area contributed by atoms with E-state index in [0.717, 1.165) is 17.1 Å². The molecule has 4 aromatic rings. The number of aromatic nitrogens is 3. The topological polar surface area (TPSA) is 58.2 Å². The number of carbonyl (C=O) groups is 1. The number of halogens is 1. The number of ketones is 1. The number of aryl methyl sites for hydroxylation is 1. The van der Waals surface area contributed by atoms with Crippen molar-refractivity contribution in [1.29, 1.82) is 0 Å². The minimum Gasteiger partial charge on any atom is -0.485 e. The molecule has 0 unspecified atom stereocenters. The number of hydrogen-bond donors (Lipinski definition) is 0. The maximum absolute atomic E-state index is 13.4. The highest BCUT2D eigenvalue weighted by molar-refractivity contribution is 6.30. The second-order valence-electron chi connectivity index (χ2n) is 7.70. The number of para-hydroxylation sites is 1. The Labute approximate surface area is 191 Å². The van der Waals surface area contributed by atoms with Crippen molar-refractivity contribution in [3.8, 4) is 17.1 Å². The van der Waals surface area contributed by atoms with Gasteiger partial charge in [0.2, 0.25) is 5.78 Å². The van der Waals surface area contributed by atoms with Crippen molar-refractivity contribution in [2.75, 3.05) is 6.61 Å². The molecule has 0 radical (unpaired) electrons. The maximum atomic E-state index is 13.4. The van der Waals surface area contributed by atoms with Gasteiger partial charge in [-0.3, -0.25) is 14.3 Å². The van der Waals surface area contributed by atoms with Crippen molar-refractivity contribution >= 4 is 17.4 Å². The van der Waals surface area contributed by atoms with E-state index in [0.29, 0.717) is 27.7 Å². The molecule has 0 fully saturated rings. The van der Waals surface area contributed by atoms with Crippen molar-refractivity contribution in [1.82, 2.24) is 13.9 Å². The summed E-state index contributed by atoms with van der Waals surface area (Å²) >= 11 is 5.89. The number of rotatable bonds is 6. The van der Waals surface area contributed by atoms with E-state index in [1.807, 2.05) is 73.5 Å². The van der Waals surface area contributed by atoms with Crippen LogP contribution >= 0.6 is 11.6 Å². The molecule has 2 aromatic heterocycles. The molecule has 0 spiro atoms. The molecular formula is C25H24ClN3O3. The summed E-state index contributed by atoms with van der Waals surface area (Å²) in [5.41, 5.74) is 4.02. The van der Waals surface area contributed by atoms with Gasteiger partial charge in [-0.2, -0.15) is 0 Å². The SMILES string of the molecule is Cc1cc(C(=O)COc2ccc(Cl)cc2)c(C)n1-c1c(C)n(C)n(-c2ccccc2)c1=O. The molecule has 2 heterocycles. The monoisotopic (exact) mass is 449 g/mol. The number of nitrogens with zero attached hydrogens (tertiary/aromatic N) is 3. The molecule has 0 aliphatic carbocycles. The fourth-order valence-electron chi connectivity index (χ4n) is 3.96. The van der Waals surface area contributed by atoms with Crippen LogP contribution in [0.15, 0.2) is 65.5 Å². The van der Waals surface area contributed by atoms with Gasteiger partial charge in [0.05, 0.1) is 11.4 Å². The largest absolute Gasteiger partial charge is 0.485 e. The van der Waals surface area contributed by atoms with Crippen LogP contribution < -0.4 is 10.3 Å². The molecule has 0 N–H and O–H groups in total. The van der Waals surface area contributed by atoms with Crippen LogP contribution in [0.3, 0.4) is 0 Å². The summed E-state index contributed by atoms with van der Waals surface area (Å²) in [6, 6.07) is 18.2. The second kappa shape index (κ2) is 8.55. The summed E-state index contributed by atoms with van der Waals surface area (Å²) in [7, 11) is 1.85. The van der Waals surface area contributed by atoms with E-state index >= 15 is 0 Å². The third-order valence-electron chi connectivity index (χ3n) is 5.66. The Morgan fingerprint density at radius 3 is 2.28 bits per heavy atom. The lowest BCUT2D eigenvalue weighted by atomic mass is 10.1. The highest BCUT2D eigenvalue weighted by Gasteiger charge is 2.23. The van der Waals surface area contributed by atoms with Crippen molar-refractivity contribution in [2.24, 2.45) is 7.05 Å². The molecule has 0 saturated heterocycles. The first-order valence-corrected chi connectivity index (χ1v) is 10.6. The van der Waals surface area contributed by atoms with Crippen LogP contribution in [0.5, 0.6) is 5.75 Å². The average Bonchev–Trinajstić information content (AvgIpc) is 3.19. The van der Waals surface area contributed by atoms with Crippen molar-refractivity contribution in [3.05, 3.63) is 98.7 Å². The first kappa shape index (κ1) is 21.7. The third-order valence-corrected chi connectivity index (χ3v) is 5.91. The van der Waals surface area contributed by atoms with Gasteiger partial charge in [-0.1, -0.05) is 29.8 Å². The fourth-order valence-corrected chi connectivity index (χ4v) is 4.08. The summed E-state index contributed by atoms with van der Waals surface area (Å²) in [4.78, 5) is 26.3. The number of carbonyl (C=O) groups excluding carboxylic acids is 1. The summed E-state index contributed by atoms with van der Waals surface area (Å²) in [6.07, 6.45) is 0. The number of hydrogen-bond acceptors (Lipinski definition) is 3. The van der Waals surface area contributed by atoms with Crippen LogP contribution in [-0.2, 0) is 7.05 Å². The zero-order valence-corrected chi connectivity index (χ0v) is 19.2. The second-order valence-corrected chi connectivity index (χ2v) is 8.13. The zero-order chi connectivity index (χ0) is 23.0. The molecule has 4 rings (SSSR count). The molecule has 0 bridgehead atoms. The highest BCUT2D eigenvalue weighted by Crippen LogP contribution is 2.23. The van der Waals surface area contributed by atoms with Crippen LogP contribution in [0.1, 0.15) is 27.4 Å². The fraction of sp³-hybridized carbons (Fsp3) is 0.200. The minimum absolute atomic E-state index is 0.103. The Morgan fingerprint density at radius 2 is 1.62 bits per heavy atom. The van der Waals surface area contributed by atoms with Crippen LogP contribution in [0.2, 0.25) is 5.02 Å². The van der Waals surface area contributed by atoms with E-state index in [-0.39, 0.29) is 17.9 Å². The molecule has 7 heteroatoms. The van der Waals surface area contributed by atoms with Gasteiger partial charge in [0.25, 0.3) is 5.56 Å². The number of benzene rings is 2. The lowest BCUT2D eigenvalue weighted by Crippen LogP contribution is -2.22. The molecule has 0 atom stereocenters. The van der Waals surface area contributed by atoms with E-state index in [9.17, 15) is 9.59 Å². The lowest BCUT2D eigenvalue weighted by Gasteiger charge is -2.09. The van der Waals surface area contributed by atoms with Gasteiger partial charge in [0, 0.05) is 29.0 Å². The van der Waals surface area contributed by atoms with E-state index in [2.05, 4.69) is 0 Å². The zero-order valence-electron chi connectivity index (χ0n) is 18.4. The lowest BCUT2D eigenvalue weighted by molar-refractivity contribution is 0.0921. The summed E-state index contributed by atoms with van der Waals surface area (Å²) < 4.78 is 10.9. The predicted octanol–water partition coefficient (Wildman–Crippen LogP) is 4.81. The van der Waals surface area contributed by atoms with Gasteiger partial charge in [0.15, 0.2) is 6.61 Å². The summed E-state index contributed by atoms with van der Waals surface area (Å²) in [5, 5.41) is 0.603. The standard InChI is InChI=1S/C25H24ClN3O3/c1-16-14-22(23(30)15-32-21-12-10-19(26)11-13-21)17(2)28(16)24-18(3)27(4)29(25(24)31)20-8-6-5-7-9-20/h5-14H,15H2,1-4H3. The first-order valence-electron chi connectivity index (χ1n) is 10.2. The molecular weight excluding hydrogens is 426 g/mol. The molecule has 0 amide bonds. The van der Waals surface area contributed by atoms with E-state index < -0.39 is 0 Å². The number of Topliss-reactive ketones (excluding diaryl/α,β-unsaturated/α-hetero) is 1. The third kappa shape index (κ3) is 3.78. The number of ether oxygens (including phenoxy) is 1. The van der Waals surface area contributed by atoms with Crippen LogP contribution in [0, 0.1) is 20.8 Å². The Hall–Kier alpha value is -3.51. The quantitative estimate of drug-likeness (QED) is 0.397. The maximum Gasteiger partial charge on any atom is 0.295 e. The van der Waals surface area contributed by atoms with Gasteiger partial charge in [0.1, 0.15) is 11.4 Å². The minimum atomic E-state index is -0.156. The summed E-state index contributed by atoms with van der Waals surface area (Å²) in [6.45, 7) is 5.54. The van der Waals surface area contributed by atoms with Gasteiger partial charge in [-0.05, 0) is 63.2 Å².